The molecule has 1 atom stereocenters. The molecule has 1 aromatic carbocycles. The van der Waals surface area contributed by atoms with E-state index in [1.807, 2.05) is 0 Å². The Balaban J connectivity index is 2.46. The molecule has 0 aromatic heterocycles. The molecule has 1 saturated heterocycles. The summed E-state index contributed by atoms with van der Waals surface area (Å²) in [4.78, 5) is -0.754. The topological polar surface area (TPSA) is 49.4 Å². The number of halogens is 4. The van der Waals surface area contributed by atoms with Gasteiger partial charge in [-0.25, -0.2) is 8.42 Å². The Kier molecular flexibility index (Phi) is 4.53. The van der Waals surface area contributed by atoms with E-state index in [4.69, 9.17) is 11.6 Å². The fraction of sp³-hybridized carbons (Fsp3) is 0.500. The van der Waals surface area contributed by atoms with Crippen LogP contribution in [-0.2, 0) is 16.2 Å². The second kappa shape index (κ2) is 5.75. The number of rotatable bonds is 3. The van der Waals surface area contributed by atoms with Gasteiger partial charge < -0.3 is 5.32 Å². The average Bonchev–Trinajstić information content (AvgIpc) is 2.86. The molecule has 0 saturated carbocycles. The minimum atomic E-state index is -4.78. The van der Waals surface area contributed by atoms with E-state index in [0.717, 1.165) is 16.4 Å². The summed E-state index contributed by atoms with van der Waals surface area (Å²) in [6.45, 7) is 0.340. The lowest BCUT2D eigenvalue weighted by Crippen LogP contribution is -2.34. The number of nitrogens with zero attached hydrogens (tertiary/aromatic N) is 1. The number of hydrogen-bond acceptors (Lipinski definition) is 3. The summed E-state index contributed by atoms with van der Waals surface area (Å²) >= 11 is 5.56. The van der Waals surface area contributed by atoms with Crippen LogP contribution in [0.4, 0.5) is 13.2 Å². The van der Waals surface area contributed by atoms with Crippen molar-refractivity contribution in [3.63, 3.8) is 0 Å². The molecule has 0 amide bonds. The first-order chi connectivity index (χ1) is 9.66. The van der Waals surface area contributed by atoms with Gasteiger partial charge in [-0.15, -0.1) is 0 Å². The summed E-state index contributed by atoms with van der Waals surface area (Å²) in [6.07, 6.45) is -4.22. The molecule has 1 heterocycles. The number of alkyl halides is 3. The molecule has 0 aliphatic carbocycles. The number of sulfonamides is 1. The van der Waals surface area contributed by atoms with Crippen LogP contribution in [0.25, 0.3) is 0 Å². The smallest absolute Gasteiger partial charge is 0.316 e. The van der Waals surface area contributed by atoms with Crippen LogP contribution >= 0.6 is 11.6 Å². The van der Waals surface area contributed by atoms with Gasteiger partial charge in [0.25, 0.3) is 0 Å². The lowest BCUT2D eigenvalue weighted by atomic mass is 10.2. The summed E-state index contributed by atoms with van der Waals surface area (Å²) < 4.78 is 65.0. The predicted molar refractivity (Wildman–Crippen MR) is 72.7 cm³/mol. The van der Waals surface area contributed by atoms with Crippen molar-refractivity contribution >= 4 is 21.6 Å². The van der Waals surface area contributed by atoms with Crippen LogP contribution in [0.2, 0.25) is 5.02 Å². The monoisotopic (exact) mass is 342 g/mol. The van der Waals surface area contributed by atoms with Gasteiger partial charge in [-0.2, -0.15) is 17.5 Å². The Hall–Kier alpha value is -0.830. The van der Waals surface area contributed by atoms with E-state index >= 15 is 0 Å². The molecule has 2 rings (SSSR count). The third-order valence-corrected chi connectivity index (χ3v) is 5.58. The molecule has 9 heteroatoms. The van der Waals surface area contributed by atoms with Crippen molar-refractivity contribution in [3.05, 3.63) is 28.8 Å². The number of nitrogens with one attached hydrogen (secondary N) is 1. The van der Waals surface area contributed by atoms with Crippen LogP contribution < -0.4 is 5.32 Å². The van der Waals surface area contributed by atoms with Crippen molar-refractivity contribution in [1.82, 2.24) is 9.62 Å². The van der Waals surface area contributed by atoms with Gasteiger partial charge in [0, 0.05) is 24.2 Å². The minimum absolute atomic E-state index is 0.0542. The lowest BCUT2D eigenvalue weighted by molar-refractivity contribution is -0.139. The zero-order valence-corrected chi connectivity index (χ0v) is 12.7. The van der Waals surface area contributed by atoms with Gasteiger partial charge in [-0.1, -0.05) is 11.6 Å². The van der Waals surface area contributed by atoms with E-state index in [0.29, 0.717) is 12.5 Å². The van der Waals surface area contributed by atoms with Gasteiger partial charge in [-0.05, 0) is 31.7 Å². The van der Waals surface area contributed by atoms with Gasteiger partial charge >= 0.3 is 6.18 Å². The average molecular weight is 343 g/mol. The van der Waals surface area contributed by atoms with E-state index in [9.17, 15) is 21.6 Å². The highest BCUT2D eigenvalue weighted by molar-refractivity contribution is 7.89. The van der Waals surface area contributed by atoms with E-state index in [1.165, 1.54) is 0 Å². The van der Waals surface area contributed by atoms with Crippen LogP contribution in [0, 0.1) is 0 Å². The Bertz CT molecular complexity index is 634. The number of benzene rings is 1. The molecule has 0 bridgehead atoms. The molecule has 1 fully saturated rings. The molecule has 0 spiro atoms. The van der Waals surface area contributed by atoms with Crippen LogP contribution in [-0.4, -0.2) is 38.9 Å². The Morgan fingerprint density at radius 2 is 2.05 bits per heavy atom. The molecule has 1 N–H and O–H groups in total. The van der Waals surface area contributed by atoms with Crippen molar-refractivity contribution < 1.29 is 21.6 Å². The number of hydrogen-bond donors (Lipinski definition) is 1. The lowest BCUT2D eigenvalue weighted by Gasteiger charge is -2.20. The van der Waals surface area contributed by atoms with E-state index in [2.05, 4.69) is 5.32 Å². The maximum absolute atomic E-state index is 13.0. The van der Waals surface area contributed by atoms with Gasteiger partial charge in [0.1, 0.15) is 0 Å². The Morgan fingerprint density at radius 3 is 2.57 bits per heavy atom. The second-order valence-electron chi connectivity index (χ2n) is 4.78. The van der Waals surface area contributed by atoms with Crippen molar-refractivity contribution in [2.75, 3.05) is 20.1 Å². The molecule has 4 nitrogen and oxygen atoms in total. The Morgan fingerprint density at radius 1 is 1.38 bits per heavy atom. The third kappa shape index (κ3) is 3.33. The quantitative estimate of drug-likeness (QED) is 0.917. The van der Waals surface area contributed by atoms with E-state index < -0.39 is 26.7 Å². The molecular weight excluding hydrogens is 329 g/mol. The molecule has 1 aliphatic rings. The van der Waals surface area contributed by atoms with E-state index in [1.54, 1.807) is 7.05 Å². The number of likely N-dealkylation sites (N-methyl/N-ethyl adjacent to an activating group) is 1. The third-order valence-electron chi connectivity index (χ3n) is 3.42. The maximum Gasteiger partial charge on any atom is 0.417 e. The summed E-state index contributed by atoms with van der Waals surface area (Å²) in [7, 11) is -2.51. The van der Waals surface area contributed by atoms with Crippen molar-refractivity contribution in [1.29, 1.82) is 0 Å². The highest BCUT2D eigenvalue weighted by Crippen LogP contribution is 2.37. The highest BCUT2D eigenvalue weighted by atomic mass is 35.5. The maximum atomic E-state index is 13.0. The molecule has 1 aliphatic heterocycles. The molecular formula is C12H14ClF3N2O2S. The minimum Gasteiger partial charge on any atom is -0.316 e. The summed E-state index contributed by atoms with van der Waals surface area (Å²) in [5.41, 5.74) is -1.23. The van der Waals surface area contributed by atoms with Crippen LogP contribution in [0.5, 0.6) is 0 Å². The summed E-state index contributed by atoms with van der Waals surface area (Å²) in [6, 6.07) is 2.64. The fourth-order valence-electron chi connectivity index (χ4n) is 2.27. The van der Waals surface area contributed by atoms with Crippen LogP contribution in [0.1, 0.15) is 12.0 Å². The van der Waals surface area contributed by atoms with E-state index in [-0.39, 0.29) is 24.2 Å². The van der Waals surface area contributed by atoms with Gasteiger partial charge in [0.05, 0.1) is 10.5 Å². The van der Waals surface area contributed by atoms with Crippen LogP contribution in [0.3, 0.4) is 0 Å². The van der Waals surface area contributed by atoms with Crippen molar-refractivity contribution in [2.24, 2.45) is 0 Å². The zero-order chi connectivity index (χ0) is 15.8. The molecule has 1 aromatic rings. The first-order valence-electron chi connectivity index (χ1n) is 6.20. The van der Waals surface area contributed by atoms with Crippen molar-refractivity contribution in [2.45, 2.75) is 23.5 Å². The Labute approximate surface area is 125 Å². The first-order valence-corrected chi connectivity index (χ1v) is 8.02. The summed E-state index contributed by atoms with van der Waals surface area (Å²) in [5, 5.41) is 2.77. The molecule has 0 radical (unpaired) electrons. The molecule has 118 valence electrons. The predicted octanol–water partition coefficient (Wildman–Crippen LogP) is 2.34. The van der Waals surface area contributed by atoms with Gasteiger partial charge in [0.2, 0.25) is 10.0 Å². The van der Waals surface area contributed by atoms with Crippen LogP contribution in [0.15, 0.2) is 23.1 Å². The molecule has 21 heavy (non-hydrogen) atoms. The molecule has 1 unspecified atom stereocenters. The fourth-order valence-corrected chi connectivity index (χ4v) is 4.13. The zero-order valence-electron chi connectivity index (χ0n) is 11.1. The first kappa shape index (κ1) is 16.5. The standard InChI is InChI=1S/C12H14ClF3N2O2S/c1-17-9-4-5-18(7-9)21(19,20)11-3-2-8(13)6-10(11)12(14,15)16/h2-3,6,9,17H,4-5,7H2,1H3. The normalized spacial score (nSPS) is 20.9. The SMILES string of the molecule is CNC1CCN(S(=O)(=O)c2ccc(Cl)cc2C(F)(F)F)C1. The largest absolute Gasteiger partial charge is 0.417 e. The van der Waals surface area contributed by atoms with Gasteiger partial charge in [-0.3, -0.25) is 0 Å². The van der Waals surface area contributed by atoms with Crippen molar-refractivity contribution in [3.8, 4) is 0 Å². The summed E-state index contributed by atoms with van der Waals surface area (Å²) in [5.74, 6) is 0. The second-order valence-corrected chi connectivity index (χ2v) is 7.12. The highest BCUT2D eigenvalue weighted by Gasteiger charge is 2.40. The van der Waals surface area contributed by atoms with Gasteiger partial charge in [0.15, 0.2) is 0 Å².